The Balaban J connectivity index is 2.48. The Hall–Kier alpha value is -1.42. The third kappa shape index (κ3) is 3.13. The van der Waals surface area contributed by atoms with Gasteiger partial charge in [0, 0.05) is 23.7 Å². The minimum absolute atomic E-state index is 0.00414. The second-order valence-corrected chi connectivity index (χ2v) is 6.89. The standard InChI is InChI=1S/C15H24N4/c1-14(2,3)19-12-7-9-17-10-11(12)18-13(19)6-8-15(4,5)16/h7,9-10H,6,8,16H2,1-5H3. The Labute approximate surface area is 115 Å². The zero-order chi connectivity index (χ0) is 14.3. The minimum atomic E-state index is -0.168. The van der Waals surface area contributed by atoms with Crippen molar-refractivity contribution in [2.45, 2.75) is 58.5 Å². The van der Waals surface area contributed by atoms with E-state index in [-0.39, 0.29) is 11.1 Å². The number of aryl methyl sites for hydroxylation is 1. The summed E-state index contributed by atoms with van der Waals surface area (Å²) in [6, 6.07) is 2.03. The van der Waals surface area contributed by atoms with Crippen molar-refractivity contribution in [2.75, 3.05) is 0 Å². The first-order valence-corrected chi connectivity index (χ1v) is 6.79. The van der Waals surface area contributed by atoms with Crippen LogP contribution in [0.5, 0.6) is 0 Å². The zero-order valence-electron chi connectivity index (χ0n) is 12.6. The topological polar surface area (TPSA) is 56.7 Å². The molecule has 2 heterocycles. The quantitative estimate of drug-likeness (QED) is 0.923. The molecule has 0 radical (unpaired) electrons. The van der Waals surface area contributed by atoms with Crippen molar-refractivity contribution in [3.63, 3.8) is 0 Å². The van der Waals surface area contributed by atoms with Crippen LogP contribution in [0.3, 0.4) is 0 Å². The van der Waals surface area contributed by atoms with Crippen LogP contribution >= 0.6 is 0 Å². The molecule has 0 saturated heterocycles. The predicted molar refractivity (Wildman–Crippen MR) is 79.1 cm³/mol. The Morgan fingerprint density at radius 2 is 1.89 bits per heavy atom. The first-order chi connectivity index (χ1) is 8.68. The molecule has 104 valence electrons. The molecule has 19 heavy (non-hydrogen) atoms. The van der Waals surface area contributed by atoms with Crippen LogP contribution in [0, 0.1) is 0 Å². The lowest BCUT2D eigenvalue weighted by molar-refractivity contribution is 0.382. The van der Waals surface area contributed by atoms with Crippen molar-refractivity contribution in [3.8, 4) is 0 Å². The van der Waals surface area contributed by atoms with Crippen LogP contribution in [-0.2, 0) is 12.0 Å². The van der Waals surface area contributed by atoms with Gasteiger partial charge < -0.3 is 10.3 Å². The summed E-state index contributed by atoms with van der Waals surface area (Å²) in [5.41, 5.74) is 8.03. The predicted octanol–water partition coefficient (Wildman–Crippen LogP) is 2.86. The summed E-state index contributed by atoms with van der Waals surface area (Å²) in [5, 5.41) is 0. The van der Waals surface area contributed by atoms with Gasteiger partial charge in [0.1, 0.15) is 11.3 Å². The molecular weight excluding hydrogens is 236 g/mol. The van der Waals surface area contributed by atoms with Crippen LogP contribution in [0.1, 0.15) is 46.9 Å². The maximum Gasteiger partial charge on any atom is 0.110 e. The molecule has 4 heteroatoms. The van der Waals surface area contributed by atoms with Crippen molar-refractivity contribution >= 4 is 11.0 Å². The van der Waals surface area contributed by atoms with Gasteiger partial charge in [0.25, 0.3) is 0 Å². The molecular formula is C15H24N4. The summed E-state index contributed by atoms with van der Waals surface area (Å²) in [5.74, 6) is 1.09. The third-order valence-electron chi connectivity index (χ3n) is 3.19. The molecule has 0 amide bonds. The molecule has 0 fully saturated rings. The molecule has 2 aromatic heterocycles. The van der Waals surface area contributed by atoms with Crippen LogP contribution in [0.4, 0.5) is 0 Å². The van der Waals surface area contributed by atoms with E-state index in [4.69, 9.17) is 10.7 Å². The molecule has 0 aliphatic heterocycles. The minimum Gasteiger partial charge on any atom is -0.326 e. The number of rotatable bonds is 3. The lowest BCUT2D eigenvalue weighted by Crippen LogP contribution is -2.33. The highest BCUT2D eigenvalue weighted by molar-refractivity contribution is 5.75. The van der Waals surface area contributed by atoms with Gasteiger partial charge in [-0.05, 0) is 47.1 Å². The second-order valence-electron chi connectivity index (χ2n) is 6.89. The van der Waals surface area contributed by atoms with E-state index in [0.717, 1.165) is 29.7 Å². The molecule has 0 aliphatic rings. The number of hydrogen-bond donors (Lipinski definition) is 1. The van der Waals surface area contributed by atoms with Gasteiger partial charge in [0.05, 0.1) is 11.7 Å². The summed E-state index contributed by atoms with van der Waals surface area (Å²) >= 11 is 0. The monoisotopic (exact) mass is 260 g/mol. The number of hydrogen-bond acceptors (Lipinski definition) is 3. The van der Waals surface area contributed by atoms with Crippen LogP contribution in [-0.4, -0.2) is 20.1 Å². The first-order valence-electron chi connectivity index (χ1n) is 6.79. The van der Waals surface area contributed by atoms with E-state index in [1.807, 2.05) is 18.5 Å². The molecule has 0 bridgehead atoms. The molecule has 0 atom stereocenters. The van der Waals surface area contributed by atoms with Crippen LogP contribution in [0.2, 0.25) is 0 Å². The van der Waals surface area contributed by atoms with Gasteiger partial charge in [-0.3, -0.25) is 4.98 Å². The molecule has 0 spiro atoms. The summed E-state index contributed by atoms with van der Waals surface area (Å²) in [6.07, 6.45) is 5.45. The van der Waals surface area contributed by atoms with Crippen molar-refractivity contribution < 1.29 is 0 Å². The summed E-state index contributed by atoms with van der Waals surface area (Å²) in [4.78, 5) is 8.88. The summed E-state index contributed by atoms with van der Waals surface area (Å²) < 4.78 is 2.30. The van der Waals surface area contributed by atoms with Crippen molar-refractivity contribution in [3.05, 3.63) is 24.3 Å². The zero-order valence-corrected chi connectivity index (χ0v) is 12.6. The normalized spacial score (nSPS) is 13.2. The number of pyridine rings is 1. The van der Waals surface area contributed by atoms with Gasteiger partial charge in [-0.1, -0.05) is 0 Å². The molecule has 0 unspecified atom stereocenters. The Bertz CT molecular complexity index is 570. The highest BCUT2D eigenvalue weighted by Gasteiger charge is 2.22. The smallest absolute Gasteiger partial charge is 0.110 e. The summed E-state index contributed by atoms with van der Waals surface area (Å²) in [7, 11) is 0. The number of nitrogens with zero attached hydrogens (tertiary/aromatic N) is 3. The SMILES string of the molecule is CC(C)(N)CCc1nc2cnccc2n1C(C)(C)C. The lowest BCUT2D eigenvalue weighted by atomic mass is 9.99. The molecule has 0 saturated carbocycles. The second kappa shape index (κ2) is 4.60. The van der Waals surface area contributed by atoms with Gasteiger partial charge in [0.15, 0.2) is 0 Å². The lowest BCUT2D eigenvalue weighted by Gasteiger charge is -2.26. The Kier molecular flexibility index (Phi) is 3.39. The maximum atomic E-state index is 6.09. The van der Waals surface area contributed by atoms with E-state index in [2.05, 4.69) is 44.2 Å². The fraction of sp³-hybridized carbons (Fsp3) is 0.600. The molecule has 4 nitrogen and oxygen atoms in total. The summed E-state index contributed by atoms with van der Waals surface area (Å²) in [6.45, 7) is 10.7. The first kappa shape index (κ1) is 14.0. The molecule has 2 rings (SSSR count). The number of nitrogens with two attached hydrogens (primary N) is 1. The van der Waals surface area contributed by atoms with E-state index in [0.29, 0.717) is 0 Å². The molecule has 2 N–H and O–H groups in total. The van der Waals surface area contributed by atoms with E-state index >= 15 is 0 Å². The fourth-order valence-corrected chi connectivity index (χ4v) is 2.33. The van der Waals surface area contributed by atoms with Gasteiger partial charge in [-0.25, -0.2) is 4.98 Å². The van der Waals surface area contributed by atoms with Crippen LogP contribution in [0.15, 0.2) is 18.5 Å². The van der Waals surface area contributed by atoms with Gasteiger partial charge in [0.2, 0.25) is 0 Å². The maximum absolute atomic E-state index is 6.09. The van der Waals surface area contributed by atoms with E-state index in [9.17, 15) is 0 Å². The van der Waals surface area contributed by atoms with E-state index in [1.54, 1.807) is 0 Å². The van der Waals surface area contributed by atoms with Crippen LogP contribution < -0.4 is 5.73 Å². The number of fused-ring (bicyclic) bond motifs is 1. The van der Waals surface area contributed by atoms with Crippen molar-refractivity contribution in [1.82, 2.24) is 14.5 Å². The molecule has 0 aromatic carbocycles. The number of imidazole rings is 1. The highest BCUT2D eigenvalue weighted by atomic mass is 15.1. The Morgan fingerprint density at radius 1 is 1.21 bits per heavy atom. The molecule has 0 aliphatic carbocycles. The Morgan fingerprint density at radius 3 is 2.47 bits per heavy atom. The van der Waals surface area contributed by atoms with Crippen molar-refractivity contribution in [2.24, 2.45) is 5.73 Å². The van der Waals surface area contributed by atoms with Gasteiger partial charge >= 0.3 is 0 Å². The fourth-order valence-electron chi connectivity index (χ4n) is 2.33. The van der Waals surface area contributed by atoms with Crippen LogP contribution in [0.25, 0.3) is 11.0 Å². The van der Waals surface area contributed by atoms with E-state index in [1.165, 1.54) is 0 Å². The molecule has 2 aromatic rings. The highest BCUT2D eigenvalue weighted by Crippen LogP contribution is 2.26. The van der Waals surface area contributed by atoms with Gasteiger partial charge in [-0.2, -0.15) is 0 Å². The average molecular weight is 260 g/mol. The average Bonchev–Trinajstić information content (AvgIpc) is 2.63. The van der Waals surface area contributed by atoms with Gasteiger partial charge in [-0.15, -0.1) is 0 Å². The van der Waals surface area contributed by atoms with E-state index < -0.39 is 0 Å². The number of aromatic nitrogens is 3. The van der Waals surface area contributed by atoms with Crippen molar-refractivity contribution in [1.29, 1.82) is 0 Å². The largest absolute Gasteiger partial charge is 0.326 e. The third-order valence-corrected chi connectivity index (χ3v) is 3.19.